The van der Waals surface area contributed by atoms with Crippen LogP contribution in [-0.2, 0) is 9.59 Å². The molecular weight excluding hydrogens is 448 g/mol. The summed E-state index contributed by atoms with van der Waals surface area (Å²) in [5, 5.41) is 12.3. The minimum Gasteiger partial charge on any atom is -0.478 e. The number of benzene rings is 3. The molecule has 158 valence electrons. The quantitative estimate of drug-likeness (QED) is 0.338. The number of carbonyl (C=O) groups excluding carboxylic acids is 2. The molecule has 1 aliphatic rings. The van der Waals surface area contributed by atoms with Gasteiger partial charge in [0.05, 0.1) is 11.3 Å². The lowest BCUT2D eigenvalue weighted by Crippen LogP contribution is -2.54. The van der Waals surface area contributed by atoms with E-state index in [1.165, 1.54) is 23.1 Å². The minimum absolute atomic E-state index is 0.0260. The SMILES string of the molecule is O=C1NC(=S)N(c2ccc(Cl)cc2)C(=O)C1=Cc1ccccc1-c1cccc(C(=O)O)c1. The number of hydrogen-bond donors (Lipinski definition) is 2. The lowest BCUT2D eigenvalue weighted by molar-refractivity contribution is -0.122. The fraction of sp³-hybridized carbons (Fsp3) is 0. The highest BCUT2D eigenvalue weighted by molar-refractivity contribution is 7.80. The van der Waals surface area contributed by atoms with Crippen LogP contribution in [0.5, 0.6) is 0 Å². The van der Waals surface area contributed by atoms with E-state index in [4.69, 9.17) is 23.8 Å². The number of aromatic carboxylic acids is 1. The Bertz CT molecular complexity index is 1300. The highest BCUT2D eigenvalue weighted by atomic mass is 35.5. The van der Waals surface area contributed by atoms with Gasteiger partial charge >= 0.3 is 5.97 Å². The molecule has 2 amide bonds. The molecule has 1 heterocycles. The smallest absolute Gasteiger partial charge is 0.335 e. The highest BCUT2D eigenvalue weighted by Crippen LogP contribution is 2.29. The third-order valence-corrected chi connectivity index (χ3v) is 5.40. The van der Waals surface area contributed by atoms with Crippen LogP contribution in [0.4, 0.5) is 5.69 Å². The second kappa shape index (κ2) is 8.74. The van der Waals surface area contributed by atoms with Crippen LogP contribution in [-0.4, -0.2) is 28.0 Å². The van der Waals surface area contributed by atoms with Crippen LogP contribution >= 0.6 is 23.8 Å². The molecule has 0 unspecified atom stereocenters. The van der Waals surface area contributed by atoms with E-state index in [0.717, 1.165) is 0 Å². The van der Waals surface area contributed by atoms with E-state index in [2.05, 4.69) is 5.32 Å². The number of carbonyl (C=O) groups is 3. The number of hydrogen-bond acceptors (Lipinski definition) is 4. The van der Waals surface area contributed by atoms with Gasteiger partial charge < -0.3 is 5.11 Å². The van der Waals surface area contributed by atoms with Crippen molar-refractivity contribution in [2.24, 2.45) is 0 Å². The van der Waals surface area contributed by atoms with Crippen molar-refractivity contribution >= 4 is 58.5 Å². The van der Waals surface area contributed by atoms with E-state index in [1.54, 1.807) is 60.7 Å². The van der Waals surface area contributed by atoms with Gasteiger partial charge in [-0.05, 0) is 71.4 Å². The topological polar surface area (TPSA) is 86.7 Å². The number of carboxylic acids is 1. The predicted molar refractivity (Wildman–Crippen MR) is 126 cm³/mol. The van der Waals surface area contributed by atoms with Crippen LogP contribution in [0.15, 0.2) is 78.4 Å². The molecule has 3 aromatic rings. The summed E-state index contributed by atoms with van der Waals surface area (Å²) in [4.78, 5) is 38.4. The Labute approximate surface area is 193 Å². The molecule has 0 aromatic heterocycles. The first kappa shape index (κ1) is 21.4. The number of anilines is 1. The number of halogens is 1. The zero-order valence-electron chi connectivity index (χ0n) is 16.4. The van der Waals surface area contributed by atoms with Crippen LogP contribution in [0.1, 0.15) is 15.9 Å². The molecule has 1 fully saturated rings. The van der Waals surface area contributed by atoms with E-state index in [-0.39, 0.29) is 16.2 Å². The van der Waals surface area contributed by atoms with E-state index in [0.29, 0.717) is 27.4 Å². The van der Waals surface area contributed by atoms with Crippen molar-refractivity contribution in [1.29, 1.82) is 0 Å². The van der Waals surface area contributed by atoms with E-state index in [9.17, 15) is 19.5 Å². The number of carboxylic acid groups (broad SMARTS) is 1. The van der Waals surface area contributed by atoms with Gasteiger partial charge in [-0.15, -0.1) is 0 Å². The van der Waals surface area contributed by atoms with Crippen molar-refractivity contribution < 1.29 is 19.5 Å². The first-order valence-electron chi connectivity index (χ1n) is 9.45. The maximum absolute atomic E-state index is 13.2. The van der Waals surface area contributed by atoms with E-state index < -0.39 is 17.8 Å². The molecule has 6 nitrogen and oxygen atoms in total. The van der Waals surface area contributed by atoms with Crippen molar-refractivity contribution in [3.05, 3.63) is 94.5 Å². The molecule has 0 radical (unpaired) electrons. The second-order valence-corrected chi connectivity index (χ2v) is 7.73. The Morgan fingerprint density at radius 2 is 1.72 bits per heavy atom. The van der Waals surface area contributed by atoms with E-state index >= 15 is 0 Å². The number of thiocarbonyl (C=S) groups is 1. The molecule has 1 aliphatic heterocycles. The molecule has 4 rings (SSSR count). The molecule has 0 bridgehead atoms. The first-order valence-corrected chi connectivity index (χ1v) is 10.2. The summed E-state index contributed by atoms with van der Waals surface area (Å²) in [7, 11) is 0. The second-order valence-electron chi connectivity index (χ2n) is 6.91. The Morgan fingerprint density at radius 3 is 2.44 bits per heavy atom. The molecule has 2 N–H and O–H groups in total. The monoisotopic (exact) mass is 462 g/mol. The van der Waals surface area contributed by atoms with Gasteiger partial charge in [-0.3, -0.25) is 19.8 Å². The Kier molecular flexibility index (Phi) is 5.85. The summed E-state index contributed by atoms with van der Waals surface area (Å²) in [6.07, 6.45) is 1.48. The molecule has 0 spiro atoms. The standard InChI is InChI=1S/C24H15ClN2O4S/c25-17-8-10-18(11-9-17)27-22(29)20(21(28)26-24(27)32)13-15-4-1-2-7-19(15)14-5-3-6-16(12-14)23(30)31/h1-13H,(H,30,31)(H,26,28,32). The van der Waals surface area contributed by atoms with Crippen molar-refractivity contribution in [3.8, 4) is 11.1 Å². The molecule has 0 saturated carbocycles. The van der Waals surface area contributed by atoms with Crippen LogP contribution in [0, 0.1) is 0 Å². The van der Waals surface area contributed by atoms with Gasteiger partial charge in [0.15, 0.2) is 5.11 Å². The van der Waals surface area contributed by atoms with Gasteiger partial charge in [-0.2, -0.15) is 0 Å². The summed E-state index contributed by atoms with van der Waals surface area (Å²) in [5.74, 6) is -2.23. The third-order valence-electron chi connectivity index (χ3n) is 4.87. The van der Waals surface area contributed by atoms with Crippen molar-refractivity contribution in [2.45, 2.75) is 0 Å². The first-order chi connectivity index (χ1) is 15.3. The fourth-order valence-corrected chi connectivity index (χ4v) is 3.75. The molecule has 0 atom stereocenters. The normalized spacial score (nSPS) is 15.1. The summed E-state index contributed by atoms with van der Waals surface area (Å²) in [6.45, 7) is 0. The van der Waals surface area contributed by atoms with E-state index in [1.807, 2.05) is 0 Å². The number of nitrogens with one attached hydrogen (secondary N) is 1. The zero-order chi connectivity index (χ0) is 22.8. The average Bonchev–Trinajstić information content (AvgIpc) is 2.78. The molecule has 8 heteroatoms. The van der Waals surface area contributed by atoms with Crippen molar-refractivity contribution in [3.63, 3.8) is 0 Å². The Balaban J connectivity index is 1.78. The zero-order valence-corrected chi connectivity index (χ0v) is 18.0. The fourth-order valence-electron chi connectivity index (χ4n) is 3.34. The average molecular weight is 463 g/mol. The Hall–Kier alpha value is -3.81. The minimum atomic E-state index is -1.04. The summed E-state index contributed by atoms with van der Waals surface area (Å²) in [5.41, 5.74) is 2.40. The maximum Gasteiger partial charge on any atom is 0.335 e. The van der Waals surface area contributed by atoms with Gasteiger partial charge in [0.25, 0.3) is 11.8 Å². The van der Waals surface area contributed by atoms with Gasteiger partial charge in [-0.25, -0.2) is 4.79 Å². The summed E-state index contributed by atoms with van der Waals surface area (Å²) >= 11 is 11.1. The van der Waals surface area contributed by atoms with Gasteiger partial charge in [-0.1, -0.05) is 48.0 Å². The molecule has 1 saturated heterocycles. The lowest BCUT2D eigenvalue weighted by atomic mass is 9.96. The van der Waals surface area contributed by atoms with Crippen LogP contribution in [0.3, 0.4) is 0 Å². The van der Waals surface area contributed by atoms with Crippen molar-refractivity contribution in [1.82, 2.24) is 5.32 Å². The predicted octanol–water partition coefficient (Wildman–Crippen LogP) is 4.54. The van der Waals surface area contributed by atoms with Gasteiger partial charge in [0.2, 0.25) is 0 Å². The third kappa shape index (κ3) is 4.16. The van der Waals surface area contributed by atoms with Crippen LogP contribution < -0.4 is 10.2 Å². The van der Waals surface area contributed by atoms with Crippen LogP contribution in [0.25, 0.3) is 17.2 Å². The number of rotatable bonds is 4. The molecule has 3 aromatic carbocycles. The Morgan fingerprint density at radius 1 is 1.00 bits per heavy atom. The van der Waals surface area contributed by atoms with Gasteiger partial charge in [0.1, 0.15) is 5.57 Å². The summed E-state index contributed by atoms with van der Waals surface area (Å²) in [6, 6.07) is 20.0. The van der Waals surface area contributed by atoms with Gasteiger partial charge in [0, 0.05) is 5.02 Å². The molecule has 0 aliphatic carbocycles. The number of amides is 2. The molecular formula is C24H15ClN2O4S. The summed E-state index contributed by atoms with van der Waals surface area (Å²) < 4.78 is 0. The lowest BCUT2D eigenvalue weighted by Gasteiger charge is -2.29. The highest BCUT2D eigenvalue weighted by Gasteiger charge is 2.34. The van der Waals surface area contributed by atoms with Crippen molar-refractivity contribution in [2.75, 3.05) is 4.90 Å². The van der Waals surface area contributed by atoms with Crippen LogP contribution in [0.2, 0.25) is 5.02 Å². The number of nitrogens with zero attached hydrogens (tertiary/aromatic N) is 1. The largest absolute Gasteiger partial charge is 0.478 e. The molecule has 32 heavy (non-hydrogen) atoms. The maximum atomic E-state index is 13.2.